The van der Waals surface area contributed by atoms with Gasteiger partial charge in [0.25, 0.3) is 0 Å². The monoisotopic (exact) mass is 574 g/mol. The fraction of sp³-hybridized carbons (Fsp3) is 0.333. The van der Waals surface area contributed by atoms with Crippen LogP contribution in [0.25, 0.3) is 22.2 Å². The van der Waals surface area contributed by atoms with Crippen LogP contribution < -0.4 is 20.3 Å². The highest BCUT2D eigenvalue weighted by atomic mass is 16.5. The Morgan fingerprint density at radius 2 is 1.91 bits per heavy atom. The Balaban J connectivity index is 1.26. The molecule has 2 saturated heterocycles. The van der Waals surface area contributed by atoms with Gasteiger partial charge in [0.2, 0.25) is 11.9 Å². The maximum Gasteiger partial charge on any atom is 0.247 e. The third-order valence-corrected chi connectivity index (χ3v) is 8.86. The molecule has 0 spiro atoms. The normalized spacial score (nSPS) is 19.7. The van der Waals surface area contributed by atoms with Crippen LogP contribution in [0, 0.1) is 23.2 Å². The largest absolute Gasteiger partial charge is 0.494 e. The van der Waals surface area contributed by atoms with E-state index < -0.39 is 0 Å². The third-order valence-electron chi connectivity index (χ3n) is 8.86. The highest BCUT2D eigenvalue weighted by Gasteiger charge is 2.39. The molecule has 4 heterocycles. The number of amides is 1. The Kier molecular flexibility index (Phi) is 6.75. The fourth-order valence-corrected chi connectivity index (χ4v) is 6.70. The van der Waals surface area contributed by atoms with E-state index >= 15 is 0 Å². The van der Waals surface area contributed by atoms with Gasteiger partial charge in [-0.15, -0.1) is 0 Å². The van der Waals surface area contributed by atoms with Gasteiger partial charge in [0.1, 0.15) is 11.8 Å². The van der Waals surface area contributed by atoms with Gasteiger partial charge in [-0.3, -0.25) is 4.79 Å². The van der Waals surface area contributed by atoms with Crippen molar-refractivity contribution in [1.29, 1.82) is 5.26 Å². The van der Waals surface area contributed by atoms with Crippen LogP contribution in [-0.2, 0) is 4.79 Å². The van der Waals surface area contributed by atoms with Gasteiger partial charge in [-0.1, -0.05) is 24.8 Å². The highest BCUT2D eigenvalue weighted by Crippen LogP contribution is 2.44. The summed E-state index contributed by atoms with van der Waals surface area (Å²) < 4.78 is 8.12. The number of fused-ring (bicyclic) bond motifs is 2. The van der Waals surface area contributed by atoms with Crippen LogP contribution in [0.5, 0.6) is 5.75 Å². The van der Waals surface area contributed by atoms with Crippen LogP contribution in [0.15, 0.2) is 61.4 Å². The molecular weight excluding hydrogens is 540 g/mol. The lowest BCUT2D eigenvalue weighted by molar-refractivity contribution is -0.111. The molecule has 1 aliphatic carbocycles. The van der Waals surface area contributed by atoms with Crippen LogP contribution in [0.2, 0.25) is 0 Å². The predicted molar refractivity (Wildman–Crippen MR) is 168 cm³/mol. The summed E-state index contributed by atoms with van der Waals surface area (Å²) in [5.41, 5.74) is 5.16. The van der Waals surface area contributed by atoms with Gasteiger partial charge < -0.3 is 29.7 Å². The molecule has 2 aromatic carbocycles. The summed E-state index contributed by atoms with van der Waals surface area (Å²) in [6, 6.07) is 14.8. The van der Waals surface area contributed by atoms with E-state index in [1.54, 1.807) is 13.3 Å². The van der Waals surface area contributed by atoms with Crippen molar-refractivity contribution in [3.63, 3.8) is 0 Å². The molecule has 43 heavy (non-hydrogen) atoms. The first kappa shape index (κ1) is 27.0. The standard InChI is InChI=1S/C33H34N8O2/c1-4-31(42)36-26-11-27(30(43-3)12-29(26)40-17-21-15-39(2)16-22(21)18-40)37-33-35-14-20(13-34)32(38-33)25-19-41(23-9-10-23)28-8-6-5-7-24(25)28/h4-8,11-12,14,19,21-23H,1,9-10,15-18H2,2-3H3,(H,36,42)(H,35,37,38). The van der Waals surface area contributed by atoms with Crippen LogP contribution in [0.1, 0.15) is 24.4 Å². The average molecular weight is 575 g/mol. The van der Waals surface area contributed by atoms with Gasteiger partial charge in [-0.25, -0.2) is 9.97 Å². The molecule has 4 aromatic rings. The number of benzene rings is 2. The minimum Gasteiger partial charge on any atom is -0.494 e. The van der Waals surface area contributed by atoms with E-state index in [0.29, 0.717) is 52.2 Å². The maximum absolute atomic E-state index is 12.5. The van der Waals surface area contributed by atoms with Crippen molar-refractivity contribution in [2.45, 2.75) is 18.9 Å². The van der Waals surface area contributed by atoms with Gasteiger partial charge >= 0.3 is 0 Å². The van der Waals surface area contributed by atoms with Crippen LogP contribution >= 0.6 is 0 Å². The summed E-state index contributed by atoms with van der Waals surface area (Å²) in [4.78, 5) is 26.5. The first-order valence-electron chi connectivity index (χ1n) is 14.7. The third kappa shape index (κ3) is 4.96. The van der Waals surface area contributed by atoms with E-state index in [2.05, 4.69) is 68.0 Å². The molecule has 2 N–H and O–H groups in total. The Bertz CT molecular complexity index is 1770. The Hall–Kier alpha value is -4.88. The first-order chi connectivity index (χ1) is 20.9. The first-order valence-corrected chi connectivity index (χ1v) is 14.7. The molecule has 2 aliphatic heterocycles. The fourth-order valence-electron chi connectivity index (χ4n) is 6.70. The topological polar surface area (TPSA) is 111 Å². The lowest BCUT2D eigenvalue weighted by Crippen LogP contribution is -2.27. The molecule has 10 nitrogen and oxygen atoms in total. The Morgan fingerprint density at radius 3 is 2.60 bits per heavy atom. The Labute approximate surface area is 250 Å². The molecule has 2 unspecified atom stereocenters. The number of para-hydroxylation sites is 1. The summed E-state index contributed by atoms with van der Waals surface area (Å²) in [5.74, 6) is 1.81. The van der Waals surface area contributed by atoms with Gasteiger partial charge in [0.05, 0.1) is 41.6 Å². The zero-order chi connectivity index (χ0) is 29.7. The minimum atomic E-state index is -0.291. The second kappa shape index (κ2) is 10.7. The van der Waals surface area contributed by atoms with Crippen molar-refractivity contribution in [3.8, 4) is 23.1 Å². The second-order valence-corrected chi connectivity index (χ2v) is 11.8. The molecule has 3 aliphatic rings. The summed E-state index contributed by atoms with van der Waals surface area (Å²) in [5, 5.41) is 17.3. The Morgan fingerprint density at radius 1 is 1.14 bits per heavy atom. The zero-order valence-electron chi connectivity index (χ0n) is 24.4. The molecule has 7 rings (SSSR count). The number of anilines is 4. The van der Waals surface area contributed by atoms with Gasteiger partial charge in [-0.2, -0.15) is 5.26 Å². The molecule has 0 bridgehead atoms. The quantitative estimate of drug-likeness (QED) is 0.277. The number of carbonyl (C=O) groups excluding carboxylic acids is 1. The smallest absolute Gasteiger partial charge is 0.247 e. The van der Waals surface area contributed by atoms with E-state index in [1.807, 2.05) is 24.3 Å². The predicted octanol–water partition coefficient (Wildman–Crippen LogP) is 5.18. The molecule has 218 valence electrons. The molecule has 3 fully saturated rings. The van der Waals surface area contributed by atoms with Crippen molar-refractivity contribution >= 4 is 39.8 Å². The lowest BCUT2D eigenvalue weighted by Gasteiger charge is -2.26. The molecule has 2 atom stereocenters. The van der Waals surface area contributed by atoms with E-state index in [1.165, 1.54) is 6.08 Å². The summed E-state index contributed by atoms with van der Waals surface area (Å²) >= 11 is 0. The average Bonchev–Trinajstić information content (AvgIpc) is 3.55. The summed E-state index contributed by atoms with van der Waals surface area (Å²) in [6.07, 6.45) is 7.22. The van der Waals surface area contributed by atoms with E-state index in [9.17, 15) is 10.1 Å². The maximum atomic E-state index is 12.5. The molecular formula is C33H34N8O2. The number of likely N-dealkylation sites (tertiary alicyclic amines) is 1. The zero-order valence-corrected chi connectivity index (χ0v) is 24.4. The van der Waals surface area contributed by atoms with Crippen molar-refractivity contribution in [2.75, 3.05) is 55.9 Å². The highest BCUT2D eigenvalue weighted by molar-refractivity contribution is 6.02. The lowest BCUT2D eigenvalue weighted by atomic mass is 10.0. The molecule has 1 saturated carbocycles. The van der Waals surface area contributed by atoms with Crippen LogP contribution in [-0.4, -0.2) is 65.7 Å². The number of hydrogen-bond acceptors (Lipinski definition) is 8. The van der Waals surface area contributed by atoms with E-state index in [0.717, 1.165) is 61.2 Å². The van der Waals surface area contributed by atoms with Gasteiger partial charge in [0, 0.05) is 61.0 Å². The number of carbonyl (C=O) groups is 1. The van der Waals surface area contributed by atoms with Crippen molar-refractivity contribution in [2.24, 2.45) is 11.8 Å². The number of ether oxygens (including phenoxy) is 1. The number of methoxy groups -OCH3 is 1. The molecule has 2 aromatic heterocycles. The van der Waals surface area contributed by atoms with E-state index in [-0.39, 0.29) is 5.91 Å². The van der Waals surface area contributed by atoms with Gasteiger partial charge in [-0.05, 0) is 49.9 Å². The molecule has 0 radical (unpaired) electrons. The number of nitriles is 1. The molecule has 1 amide bonds. The number of rotatable bonds is 8. The SMILES string of the molecule is C=CC(=O)Nc1cc(Nc2ncc(C#N)c(-c3cn(C4CC4)c4ccccc34)n2)c(OC)cc1N1CC2CN(C)CC2C1. The minimum absolute atomic E-state index is 0.291. The number of hydrogen-bond donors (Lipinski definition) is 2. The second-order valence-electron chi connectivity index (χ2n) is 11.8. The van der Waals surface area contributed by atoms with Crippen molar-refractivity contribution < 1.29 is 9.53 Å². The number of nitrogens with one attached hydrogen (secondary N) is 2. The van der Waals surface area contributed by atoms with Crippen LogP contribution in [0.3, 0.4) is 0 Å². The molecule has 10 heteroatoms. The van der Waals surface area contributed by atoms with E-state index in [4.69, 9.17) is 9.72 Å². The van der Waals surface area contributed by atoms with Gasteiger partial charge in [0.15, 0.2) is 0 Å². The van der Waals surface area contributed by atoms with Crippen molar-refractivity contribution in [3.05, 3.63) is 67.0 Å². The summed E-state index contributed by atoms with van der Waals surface area (Å²) in [6.45, 7) is 7.61. The van der Waals surface area contributed by atoms with Crippen molar-refractivity contribution in [1.82, 2.24) is 19.4 Å². The number of nitrogens with zero attached hydrogens (tertiary/aromatic N) is 6. The summed E-state index contributed by atoms with van der Waals surface area (Å²) in [7, 11) is 3.79. The van der Waals surface area contributed by atoms with Crippen LogP contribution in [0.4, 0.5) is 23.0 Å². The number of aromatic nitrogens is 3.